The van der Waals surface area contributed by atoms with Crippen molar-refractivity contribution in [3.05, 3.63) is 53.0 Å². The van der Waals surface area contributed by atoms with Crippen LogP contribution >= 0.6 is 11.3 Å². The van der Waals surface area contributed by atoms with Crippen LogP contribution in [-0.2, 0) is 13.1 Å². The van der Waals surface area contributed by atoms with Gasteiger partial charge in [-0.2, -0.15) is 11.3 Å². The van der Waals surface area contributed by atoms with Crippen molar-refractivity contribution >= 4 is 22.4 Å². The number of aryl methyl sites for hydroxylation is 1. The van der Waals surface area contributed by atoms with E-state index in [0.29, 0.717) is 0 Å². The summed E-state index contributed by atoms with van der Waals surface area (Å²) in [7, 11) is 0. The van der Waals surface area contributed by atoms with Gasteiger partial charge in [0, 0.05) is 13.1 Å². The first-order valence-corrected chi connectivity index (χ1v) is 7.49. The van der Waals surface area contributed by atoms with Crippen molar-refractivity contribution in [3.63, 3.8) is 0 Å². The molecule has 0 atom stereocenters. The van der Waals surface area contributed by atoms with Gasteiger partial charge in [-0.15, -0.1) is 0 Å². The van der Waals surface area contributed by atoms with Crippen LogP contribution in [0.2, 0.25) is 0 Å². The molecule has 0 amide bonds. The number of benzene rings is 1. The molecule has 0 fully saturated rings. The van der Waals surface area contributed by atoms with E-state index in [1.807, 2.05) is 12.4 Å². The third kappa shape index (κ3) is 3.03. The van der Waals surface area contributed by atoms with Gasteiger partial charge < -0.3 is 9.88 Å². The maximum absolute atomic E-state index is 4.40. The highest BCUT2D eigenvalue weighted by Crippen LogP contribution is 2.12. The number of fused-ring (bicyclic) bond motifs is 1. The van der Waals surface area contributed by atoms with Crippen molar-refractivity contribution in [3.8, 4) is 0 Å². The van der Waals surface area contributed by atoms with Gasteiger partial charge in [0.2, 0.25) is 0 Å². The molecule has 3 aromatic rings. The molecule has 19 heavy (non-hydrogen) atoms. The van der Waals surface area contributed by atoms with Crippen LogP contribution in [0.5, 0.6) is 0 Å². The first-order valence-electron chi connectivity index (χ1n) is 6.55. The van der Waals surface area contributed by atoms with Crippen molar-refractivity contribution in [1.29, 1.82) is 0 Å². The molecule has 0 aliphatic carbocycles. The van der Waals surface area contributed by atoms with Gasteiger partial charge in [0.15, 0.2) is 0 Å². The van der Waals surface area contributed by atoms with Crippen molar-refractivity contribution in [2.75, 3.05) is 6.54 Å². The Kier molecular flexibility index (Phi) is 3.91. The van der Waals surface area contributed by atoms with Crippen molar-refractivity contribution in [2.45, 2.75) is 19.5 Å². The first-order chi connectivity index (χ1) is 9.43. The van der Waals surface area contributed by atoms with Gasteiger partial charge in [-0.1, -0.05) is 12.1 Å². The molecular formula is C15H17N3S. The smallest absolute Gasteiger partial charge is 0.0958 e. The minimum absolute atomic E-state index is 0.966. The Balaban J connectivity index is 1.47. The Hall–Kier alpha value is -1.65. The van der Waals surface area contributed by atoms with Crippen LogP contribution in [0.4, 0.5) is 0 Å². The molecule has 0 spiro atoms. The summed E-state index contributed by atoms with van der Waals surface area (Å²) >= 11 is 1.75. The van der Waals surface area contributed by atoms with E-state index in [-0.39, 0.29) is 0 Å². The summed E-state index contributed by atoms with van der Waals surface area (Å²) in [5.41, 5.74) is 3.67. The average molecular weight is 271 g/mol. The number of nitrogens with zero attached hydrogens (tertiary/aromatic N) is 2. The number of aromatic nitrogens is 2. The number of para-hydroxylation sites is 2. The molecule has 0 aliphatic rings. The number of hydrogen-bond acceptors (Lipinski definition) is 3. The summed E-state index contributed by atoms with van der Waals surface area (Å²) in [6.45, 7) is 3.01. The van der Waals surface area contributed by atoms with Crippen LogP contribution < -0.4 is 5.32 Å². The topological polar surface area (TPSA) is 29.9 Å². The van der Waals surface area contributed by atoms with Gasteiger partial charge in [0.05, 0.1) is 17.4 Å². The second kappa shape index (κ2) is 5.99. The molecule has 3 nitrogen and oxygen atoms in total. The lowest BCUT2D eigenvalue weighted by Crippen LogP contribution is -2.15. The fourth-order valence-electron chi connectivity index (χ4n) is 2.19. The predicted molar refractivity (Wildman–Crippen MR) is 80.4 cm³/mol. The van der Waals surface area contributed by atoms with E-state index in [9.17, 15) is 0 Å². The lowest BCUT2D eigenvalue weighted by molar-refractivity contribution is 0.589. The largest absolute Gasteiger partial charge is 0.331 e. The van der Waals surface area contributed by atoms with Crippen molar-refractivity contribution in [1.82, 2.24) is 14.9 Å². The number of hydrogen-bond donors (Lipinski definition) is 1. The Labute approximate surface area is 116 Å². The van der Waals surface area contributed by atoms with Crippen molar-refractivity contribution in [2.24, 2.45) is 0 Å². The molecular weight excluding hydrogens is 254 g/mol. The zero-order chi connectivity index (χ0) is 12.9. The monoisotopic (exact) mass is 271 g/mol. The number of thiophene rings is 1. The van der Waals surface area contributed by atoms with E-state index in [0.717, 1.165) is 31.6 Å². The predicted octanol–water partition coefficient (Wildman–Crippen LogP) is 3.28. The maximum atomic E-state index is 4.40. The second-order valence-corrected chi connectivity index (χ2v) is 5.37. The van der Waals surface area contributed by atoms with Crippen LogP contribution in [0.25, 0.3) is 11.0 Å². The van der Waals surface area contributed by atoms with Crippen molar-refractivity contribution < 1.29 is 0 Å². The Morgan fingerprint density at radius 3 is 3.05 bits per heavy atom. The molecule has 2 heterocycles. The molecule has 1 N–H and O–H groups in total. The molecule has 0 radical (unpaired) electrons. The lowest BCUT2D eigenvalue weighted by Gasteiger charge is -2.05. The van der Waals surface area contributed by atoms with Crippen LogP contribution in [0, 0.1) is 0 Å². The highest BCUT2D eigenvalue weighted by atomic mass is 32.1. The molecule has 0 aliphatic heterocycles. The van der Waals surface area contributed by atoms with E-state index >= 15 is 0 Å². The van der Waals surface area contributed by atoms with Crippen LogP contribution in [0.15, 0.2) is 47.4 Å². The summed E-state index contributed by atoms with van der Waals surface area (Å²) in [6, 6.07) is 10.4. The minimum atomic E-state index is 0.966. The van der Waals surface area contributed by atoms with E-state index in [2.05, 4.69) is 49.9 Å². The van der Waals surface area contributed by atoms with Gasteiger partial charge in [-0.25, -0.2) is 4.98 Å². The van der Waals surface area contributed by atoms with Gasteiger partial charge in [0.25, 0.3) is 0 Å². The highest BCUT2D eigenvalue weighted by molar-refractivity contribution is 7.07. The molecule has 0 saturated heterocycles. The van der Waals surface area contributed by atoms with Gasteiger partial charge in [-0.05, 0) is 47.5 Å². The SMILES string of the molecule is c1ccc2c(c1)ncn2CCCNCc1ccsc1. The van der Waals surface area contributed by atoms with E-state index in [4.69, 9.17) is 0 Å². The van der Waals surface area contributed by atoms with Gasteiger partial charge in [-0.3, -0.25) is 0 Å². The minimum Gasteiger partial charge on any atom is -0.331 e. The maximum Gasteiger partial charge on any atom is 0.0958 e. The zero-order valence-corrected chi connectivity index (χ0v) is 11.6. The summed E-state index contributed by atoms with van der Waals surface area (Å²) in [4.78, 5) is 4.40. The number of imidazole rings is 1. The molecule has 98 valence electrons. The normalized spacial score (nSPS) is 11.2. The Morgan fingerprint density at radius 2 is 2.16 bits per heavy atom. The van der Waals surface area contributed by atoms with E-state index < -0.39 is 0 Å². The molecule has 4 heteroatoms. The average Bonchev–Trinajstić information content (AvgIpc) is 3.08. The summed E-state index contributed by atoms with van der Waals surface area (Å²) < 4.78 is 2.22. The van der Waals surface area contributed by atoms with Crippen LogP contribution in [0.3, 0.4) is 0 Å². The Bertz CT molecular complexity index is 628. The molecule has 3 rings (SSSR count). The van der Waals surface area contributed by atoms with Gasteiger partial charge >= 0.3 is 0 Å². The molecule has 0 unspecified atom stereocenters. The third-order valence-corrected chi connectivity index (χ3v) is 3.92. The van der Waals surface area contributed by atoms with Crippen LogP contribution in [-0.4, -0.2) is 16.1 Å². The molecule has 0 saturated carbocycles. The zero-order valence-electron chi connectivity index (χ0n) is 10.7. The van der Waals surface area contributed by atoms with E-state index in [1.54, 1.807) is 11.3 Å². The fourth-order valence-corrected chi connectivity index (χ4v) is 2.86. The third-order valence-electron chi connectivity index (χ3n) is 3.19. The highest BCUT2D eigenvalue weighted by Gasteiger charge is 2.00. The molecule has 0 bridgehead atoms. The summed E-state index contributed by atoms with van der Waals surface area (Å²) in [5, 5.41) is 7.78. The van der Waals surface area contributed by atoms with Crippen LogP contribution in [0.1, 0.15) is 12.0 Å². The summed E-state index contributed by atoms with van der Waals surface area (Å²) in [6.07, 6.45) is 3.05. The second-order valence-electron chi connectivity index (χ2n) is 4.59. The van der Waals surface area contributed by atoms with E-state index in [1.165, 1.54) is 11.1 Å². The first kappa shape index (κ1) is 12.4. The van der Waals surface area contributed by atoms with Gasteiger partial charge in [0.1, 0.15) is 0 Å². The number of rotatable bonds is 6. The number of nitrogens with one attached hydrogen (secondary N) is 1. The lowest BCUT2D eigenvalue weighted by atomic mass is 10.3. The standard InChI is InChI=1S/C15H17N3S/c1-2-5-15-14(4-1)17-12-18(15)8-3-7-16-10-13-6-9-19-11-13/h1-2,4-6,9,11-12,16H,3,7-8,10H2. The molecule has 1 aromatic carbocycles. The summed E-state index contributed by atoms with van der Waals surface area (Å²) in [5.74, 6) is 0. The molecule has 2 aromatic heterocycles. The Morgan fingerprint density at radius 1 is 1.21 bits per heavy atom. The quantitative estimate of drug-likeness (QED) is 0.697. The fraction of sp³-hybridized carbons (Fsp3) is 0.267.